The molecule has 2 rings (SSSR count). The van der Waals surface area contributed by atoms with E-state index in [0.29, 0.717) is 6.61 Å². The van der Waals surface area contributed by atoms with Gasteiger partial charge in [-0.1, -0.05) is 31.5 Å². The molecule has 0 saturated carbocycles. The molecule has 2 aromatic carbocycles. The number of ether oxygens (including phenoxy) is 2. The first-order valence-corrected chi connectivity index (χ1v) is 7.23. The van der Waals surface area contributed by atoms with Gasteiger partial charge >= 0.3 is 0 Å². The van der Waals surface area contributed by atoms with E-state index in [0.717, 1.165) is 35.6 Å². The van der Waals surface area contributed by atoms with E-state index in [9.17, 15) is 0 Å². The summed E-state index contributed by atoms with van der Waals surface area (Å²) in [6, 6.07) is 15.6. The van der Waals surface area contributed by atoms with Gasteiger partial charge in [0, 0.05) is 17.8 Å². The second-order valence-corrected chi connectivity index (χ2v) is 4.70. The Kier molecular flexibility index (Phi) is 5.83. The van der Waals surface area contributed by atoms with E-state index >= 15 is 0 Å². The van der Waals surface area contributed by atoms with Crippen LogP contribution in [0.15, 0.2) is 53.5 Å². The number of methoxy groups -OCH3 is 1. The molecule has 3 heteroatoms. The normalized spacial score (nSPS) is 10.8. The maximum Gasteiger partial charge on any atom is 0.131 e. The molecule has 0 aromatic heterocycles. The minimum absolute atomic E-state index is 0.704. The largest absolute Gasteiger partial charge is 0.497 e. The molecule has 0 atom stereocenters. The van der Waals surface area contributed by atoms with Crippen molar-refractivity contribution in [1.82, 2.24) is 0 Å². The zero-order chi connectivity index (χ0) is 14.9. The first kappa shape index (κ1) is 15.1. The Morgan fingerprint density at radius 3 is 2.62 bits per heavy atom. The van der Waals surface area contributed by atoms with Gasteiger partial charge < -0.3 is 9.47 Å². The summed E-state index contributed by atoms with van der Waals surface area (Å²) in [7, 11) is 1.66. The average molecular weight is 283 g/mol. The zero-order valence-corrected chi connectivity index (χ0v) is 12.6. The van der Waals surface area contributed by atoms with Crippen LogP contribution in [-0.2, 0) is 0 Å². The van der Waals surface area contributed by atoms with Gasteiger partial charge in [0.1, 0.15) is 11.5 Å². The first-order chi connectivity index (χ1) is 10.3. The highest BCUT2D eigenvalue weighted by Gasteiger charge is 2.04. The SMILES string of the molecule is CCCCOc1cc(OC)ccc1/C=N/c1ccccc1. The van der Waals surface area contributed by atoms with Crippen molar-refractivity contribution >= 4 is 11.9 Å². The van der Waals surface area contributed by atoms with Crippen LogP contribution >= 0.6 is 0 Å². The van der Waals surface area contributed by atoms with E-state index < -0.39 is 0 Å². The molecule has 0 heterocycles. The predicted octanol–water partition coefficient (Wildman–Crippen LogP) is 4.62. The molecule has 0 fully saturated rings. The zero-order valence-electron chi connectivity index (χ0n) is 12.6. The highest BCUT2D eigenvalue weighted by molar-refractivity contribution is 5.85. The van der Waals surface area contributed by atoms with Crippen molar-refractivity contribution in [2.24, 2.45) is 4.99 Å². The Bertz CT molecular complexity index is 579. The van der Waals surface area contributed by atoms with Crippen LogP contribution in [0.4, 0.5) is 5.69 Å². The van der Waals surface area contributed by atoms with Crippen LogP contribution in [0, 0.1) is 0 Å². The molecule has 2 aromatic rings. The lowest BCUT2D eigenvalue weighted by Crippen LogP contribution is -2.00. The molecule has 110 valence electrons. The highest BCUT2D eigenvalue weighted by atomic mass is 16.5. The molecule has 0 radical (unpaired) electrons. The fourth-order valence-electron chi connectivity index (χ4n) is 1.86. The maximum absolute atomic E-state index is 5.84. The quantitative estimate of drug-likeness (QED) is 0.548. The summed E-state index contributed by atoms with van der Waals surface area (Å²) >= 11 is 0. The molecule has 0 N–H and O–H groups in total. The molecule has 0 aliphatic carbocycles. The fraction of sp³-hybridized carbons (Fsp3) is 0.278. The fourth-order valence-corrected chi connectivity index (χ4v) is 1.86. The number of benzene rings is 2. The Labute approximate surface area is 126 Å². The van der Waals surface area contributed by atoms with Gasteiger partial charge in [0.15, 0.2) is 0 Å². The predicted molar refractivity (Wildman–Crippen MR) is 87.1 cm³/mol. The van der Waals surface area contributed by atoms with Crippen LogP contribution < -0.4 is 9.47 Å². The van der Waals surface area contributed by atoms with Crippen molar-refractivity contribution in [3.05, 3.63) is 54.1 Å². The summed E-state index contributed by atoms with van der Waals surface area (Å²) in [4.78, 5) is 4.48. The third-order valence-corrected chi connectivity index (χ3v) is 3.09. The summed E-state index contributed by atoms with van der Waals surface area (Å²) in [5, 5.41) is 0. The highest BCUT2D eigenvalue weighted by Crippen LogP contribution is 2.24. The van der Waals surface area contributed by atoms with Crippen molar-refractivity contribution in [3.63, 3.8) is 0 Å². The summed E-state index contributed by atoms with van der Waals surface area (Å²) in [6.45, 7) is 2.85. The minimum atomic E-state index is 0.704. The van der Waals surface area contributed by atoms with Crippen LogP contribution in [-0.4, -0.2) is 19.9 Å². The van der Waals surface area contributed by atoms with Crippen LogP contribution in [0.3, 0.4) is 0 Å². The summed E-state index contributed by atoms with van der Waals surface area (Å²) in [6.07, 6.45) is 3.97. The first-order valence-electron chi connectivity index (χ1n) is 7.23. The number of hydrogen-bond acceptors (Lipinski definition) is 3. The molecular formula is C18H21NO2. The lowest BCUT2D eigenvalue weighted by molar-refractivity contribution is 0.306. The van der Waals surface area contributed by atoms with Crippen LogP contribution in [0.25, 0.3) is 0 Å². The third-order valence-electron chi connectivity index (χ3n) is 3.09. The van der Waals surface area contributed by atoms with E-state index in [2.05, 4.69) is 11.9 Å². The molecule has 0 aliphatic rings. The maximum atomic E-state index is 5.84. The molecule has 21 heavy (non-hydrogen) atoms. The van der Waals surface area contributed by atoms with E-state index in [1.165, 1.54) is 0 Å². The van der Waals surface area contributed by atoms with Crippen LogP contribution in [0.2, 0.25) is 0 Å². The van der Waals surface area contributed by atoms with Gasteiger partial charge in [-0.05, 0) is 30.7 Å². The topological polar surface area (TPSA) is 30.8 Å². The Morgan fingerprint density at radius 2 is 1.90 bits per heavy atom. The number of hydrogen-bond donors (Lipinski definition) is 0. The van der Waals surface area contributed by atoms with Crippen molar-refractivity contribution < 1.29 is 9.47 Å². The van der Waals surface area contributed by atoms with E-state index in [1.807, 2.05) is 54.7 Å². The molecule has 0 unspecified atom stereocenters. The smallest absolute Gasteiger partial charge is 0.131 e. The molecule has 3 nitrogen and oxygen atoms in total. The number of unbranched alkanes of at least 4 members (excludes halogenated alkanes) is 1. The van der Waals surface area contributed by atoms with E-state index in [1.54, 1.807) is 7.11 Å². The second-order valence-electron chi connectivity index (χ2n) is 4.70. The molecule has 0 saturated heterocycles. The van der Waals surface area contributed by atoms with Crippen molar-refractivity contribution in [1.29, 1.82) is 0 Å². The van der Waals surface area contributed by atoms with Crippen molar-refractivity contribution in [2.45, 2.75) is 19.8 Å². The monoisotopic (exact) mass is 283 g/mol. The lowest BCUT2D eigenvalue weighted by Gasteiger charge is -2.10. The van der Waals surface area contributed by atoms with Gasteiger partial charge in [0.25, 0.3) is 0 Å². The molecule has 0 aliphatic heterocycles. The van der Waals surface area contributed by atoms with Gasteiger partial charge in [0.05, 0.1) is 19.4 Å². The van der Waals surface area contributed by atoms with Gasteiger partial charge in [-0.25, -0.2) is 0 Å². The molecule has 0 spiro atoms. The van der Waals surface area contributed by atoms with E-state index in [-0.39, 0.29) is 0 Å². The summed E-state index contributed by atoms with van der Waals surface area (Å²) < 4.78 is 11.1. The summed E-state index contributed by atoms with van der Waals surface area (Å²) in [5.74, 6) is 1.60. The molecular weight excluding hydrogens is 262 g/mol. The summed E-state index contributed by atoms with van der Waals surface area (Å²) in [5.41, 5.74) is 1.88. The van der Waals surface area contributed by atoms with E-state index in [4.69, 9.17) is 9.47 Å². The Morgan fingerprint density at radius 1 is 1.10 bits per heavy atom. The van der Waals surface area contributed by atoms with Gasteiger partial charge in [-0.15, -0.1) is 0 Å². The number of para-hydroxylation sites is 1. The molecule has 0 amide bonds. The number of nitrogens with zero attached hydrogens (tertiary/aromatic N) is 1. The van der Waals surface area contributed by atoms with Gasteiger partial charge in [-0.2, -0.15) is 0 Å². The van der Waals surface area contributed by atoms with Gasteiger partial charge in [-0.3, -0.25) is 4.99 Å². The van der Waals surface area contributed by atoms with Crippen molar-refractivity contribution in [2.75, 3.05) is 13.7 Å². The number of aliphatic imine (C=N–C) groups is 1. The number of rotatable bonds is 7. The lowest BCUT2D eigenvalue weighted by atomic mass is 10.2. The second kappa shape index (κ2) is 8.10. The third kappa shape index (κ3) is 4.63. The average Bonchev–Trinajstić information content (AvgIpc) is 2.54. The molecule has 0 bridgehead atoms. The van der Waals surface area contributed by atoms with Crippen LogP contribution in [0.1, 0.15) is 25.3 Å². The standard InChI is InChI=1S/C18H21NO2/c1-3-4-12-21-18-13-17(20-2)11-10-15(18)14-19-16-8-6-5-7-9-16/h5-11,13-14H,3-4,12H2,1-2H3/b19-14+. The minimum Gasteiger partial charge on any atom is -0.497 e. The van der Waals surface area contributed by atoms with Crippen LogP contribution in [0.5, 0.6) is 11.5 Å². The Balaban J connectivity index is 2.18. The van der Waals surface area contributed by atoms with Gasteiger partial charge in [0.2, 0.25) is 0 Å². The van der Waals surface area contributed by atoms with Crippen molar-refractivity contribution in [3.8, 4) is 11.5 Å². The Hall–Kier alpha value is -2.29.